The van der Waals surface area contributed by atoms with Crippen molar-refractivity contribution in [2.45, 2.75) is 106 Å². The van der Waals surface area contributed by atoms with E-state index in [1.807, 2.05) is 12.1 Å². The number of nitrogens with zero attached hydrogens (tertiary/aromatic N) is 6. The van der Waals surface area contributed by atoms with E-state index in [2.05, 4.69) is 85.1 Å². The minimum absolute atomic E-state index is 0.339. The Hall–Kier alpha value is -3.90. The molecule has 1 heterocycles. The number of anilines is 1. The quantitative estimate of drug-likeness (QED) is 0.0776. The Morgan fingerprint density at radius 3 is 1.80 bits per heavy atom. The van der Waals surface area contributed by atoms with Crippen LogP contribution in [0.5, 0.6) is 0 Å². The highest BCUT2D eigenvalue weighted by atomic mass is 32.1. The molecular formula is C40H56N6O2S. The van der Waals surface area contributed by atoms with Gasteiger partial charge in [-0.15, -0.1) is 20.5 Å². The minimum atomic E-state index is -0.339. The molecule has 8 nitrogen and oxygen atoms in total. The van der Waals surface area contributed by atoms with Crippen LogP contribution in [0.15, 0.2) is 75.1 Å². The van der Waals surface area contributed by atoms with E-state index in [-0.39, 0.29) is 5.97 Å². The SMILES string of the molecule is CCCCC(CC)CN(CC(CC)CCCC)c1ccc(N=Nc2sc(N=Nc3ccc(C(=O)OCC(CC)CC)cc3)cc2C#N)cc1. The summed E-state index contributed by atoms with van der Waals surface area (Å²) in [6.07, 6.45) is 11.9. The molecule has 0 amide bonds. The van der Waals surface area contributed by atoms with Gasteiger partial charge in [-0.1, -0.05) is 104 Å². The predicted octanol–water partition coefficient (Wildman–Crippen LogP) is 13.3. The maximum Gasteiger partial charge on any atom is 0.338 e. The van der Waals surface area contributed by atoms with Crippen molar-refractivity contribution >= 4 is 44.4 Å². The molecule has 1 aromatic heterocycles. The number of azo groups is 2. The minimum Gasteiger partial charge on any atom is -0.462 e. The molecule has 264 valence electrons. The Kier molecular flexibility index (Phi) is 17.7. The molecule has 2 atom stereocenters. The fraction of sp³-hybridized carbons (Fsp3) is 0.550. The third-order valence-corrected chi connectivity index (χ3v) is 10.2. The van der Waals surface area contributed by atoms with E-state index in [0.717, 1.165) is 31.6 Å². The molecule has 3 aromatic rings. The number of hydrogen-bond acceptors (Lipinski definition) is 9. The molecule has 0 spiro atoms. The molecule has 0 bridgehead atoms. The standard InChI is InChI=1S/C40H56N6O2S/c1-7-13-15-31(11-5)27-46(28-32(12-6)16-14-8-2)37-23-21-36(22-24-37)43-45-39-34(26-41)25-38(49-39)44-42-35-19-17-33(18-20-35)40(47)48-29-30(9-3)10-4/h17-25,30-32H,7-16,27-29H2,1-6H3. The van der Waals surface area contributed by atoms with E-state index in [1.54, 1.807) is 30.3 Å². The van der Waals surface area contributed by atoms with Crippen LogP contribution in [-0.4, -0.2) is 25.7 Å². The van der Waals surface area contributed by atoms with Gasteiger partial charge in [0.1, 0.15) is 11.1 Å². The van der Waals surface area contributed by atoms with Gasteiger partial charge in [0, 0.05) is 18.8 Å². The molecule has 2 unspecified atom stereocenters. The topological polar surface area (TPSA) is 103 Å². The summed E-state index contributed by atoms with van der Waals surface area (Å²) in [6, 6.07) is 19.0. The molecule has 0 fully saturated rings. The van der Waals surface area contributed by atoms with E-state index in [4.69, 9.17) is 4.74 Å². The molecule has 3 rings (SSSR count). The van der Waals surface area contributed by atoms with Crippen LogP contribution in [0, 0.1) is 29.1 Å². The monoisotopic (exact) mass is 684 g/mol. The average Bonchev–Trinajstić information content (AvgIpc) is 3.55. The Labute approximate surface area is 298 Å². The molecule has 2 aromatic carbocycles. The number of thiophene rings is 1. The first kappa shape index (κ1) is 39.5. The fourth-order valence-electron chi connectivity index (χ4n) is 5.72. The molecule has 9 heteroatoms. The summed E-state index contributed by atoms with van der Waals surface area (Å²) in [5, 5.41) is 28.3. The first-order valence-corrected chi connectivity index (χ1v) is 19.2. The number of hydrogen-bond donors (Lipinski definition) is 0. The van der Waals surface area contributed by atoms with Crippen molar-refractivity contribution in [3.05, 3.63) is 65.7 Å². The molecule has 0 saturated carbocycles. The van der Waals surface area contributed by atoms with Gasteiger partial charge in [-0.25, -0.2) is 4.79 Å². The van der Waals surface area contributed by atoms with E-state index in [1.165, 1.54) is 68.4 Å². The van der Waals surface area contributed by atoms with E-state index >= 15 is 0 Å². The van der Waals surface area contributed by atoms with Crippen LogP contribution in [0.2, 0.25) is 0 Å². The van der Waals surface area contributed by atoms with Crippen molar-refractivity contribution in [1.29, 1.82) is 5.26 Å². The van der Waals surface area contributed by atoms with Gasteiger partial charge in [-0.3, -0.25) is 0 Å². The third kappa shape index (κ3) is 13.1. The number of rotatable bonds is 22. The van der Waals surface area contributed by atoms with Gasteiger partial charge in [-0.05, 0) is 85.2 Å². The van der Waals surface area contributed by atoms with Crippen LogP contribution in [0.25, 0.3) is 0 Å². The zero-order valence-electron chi connectivity index (χ0n) is 30.5. The van der Waals surface area contributed by atoms with Crippen molar-refractivity contribution < 1.29 is 9.53 Å². The predicted molar refractivity (Wildman–Crippen MR) is 203 cm³/mol. The lowest BCUT2D eigenvalue weighted by Crippen LogP contribution is -2.34. The number of esters is 1. The molecular weight excluding hydrogens is 629 g/mol. The summed E-state index contributed by atoms with van der Waals surface area (Å²) in [4.78, 5) is 15.0. The molecule has 0 saturated heterocycles. The maximum atomic E-state index is 12.4. The molecule has 0 aliphatic carbocycles. The maximum absolute atomic E-state index is 12.4. The summed E-state index contributed by atoms with van der Waals surface area (Å²) >= 11 is 1.26. The van der Waals surface area contributed by atoms with Gasteiger partial charge in [0.2, 0.25) is 0 Å². The van der Waals surface area contributed by atoms with Crippen LogP contribution in [0.1, 0.15) is 122 Å². The summed E-state index contributed by atoms with van der Waals surface area (Å²) < 4.78 is 5.46. The number of unbranched alkanes of at least 4 members (excludes halogenated alkanes) is 2. The van der Waals surface area contributed by atoms with Crippen molar-refractivity contribution in [3.8, 4) is 6.07 Å². The fourth-order valence-corrected chi connectivity index (χ4v) is 6.47. The summed E-state index contributed by atoms with van der Waals surface area (Å²) in [5.74, 6) is 1.41. The molecule has 0 radical (unpaired) electrons. The van der Waals surface area contributed by atoms with Gasteiger partial charge < -0.3 is 9.64 Å². The number of carbonyl (C=O) groups is 1. The van der Waals surface area contributed by atoms with Crippen molar-refractivity contribution in [2.75, 3.05) is 24.6 Å². The Morgan fingerprint density at radius 2 is 1.29 bits per heavy atom. The van der Waals surface area contributed by atoms with Crippen LogP contribution < -0.4 is 4.90 Å². The van der Waals surface area contributed by atoms with Crippen molar-refractivity contribution in [3.63, 3.8) is 0 Å². The second-order valence-electron chi connectivity index (χ2n) is 12.9. The van der Waals surface area contributed by atoms with E-state index in [9.17, 15) is 10.1 Å². The first-order valence-electron chi connectivity index (χ1n) is 18.4. The average molecular weight is 685 g/mol. The van der Waals surface area contributed by atoms with Gasteiger partial charge in [-0.2, -0.15) is 5.26 Å². The third-order valence-electron chi connectivity index (χ3n) is 9.31. The van der Waals surface area contributed by atoms with E-state index < -0.39 is 0 Å². The largest absolute Gasteiger partial charge is 0.462 e. The highest BCUT2D eigenvalue weighted by Gasteiger charge is 2.18. The lowest BCUT2D eigenvalue weighted by atomic mass is 9.95. The number of ether oxygens (including phenoxy) is 1. The lowest BCUT2D eigenvalue weighted by molar-refractivity contribution is 0.0433. The molecule has 49 heavy (non-hydrogen) atoms. The first-order chi connectivity index (χ1) is 23.9. The molecule has 0 aliphatic rings. The van der Waals surface area contributed by atoms with Gasteiger partial charge in [0.15, 0.2) is 5.00 Å². The highest BCUT2D eigenvalue weighted by molar-refractivity contribution is 7.19. The zero-order chi connectivity index (χ0) is 35.4. The summed E-state index contributed by atoms with van der Waals surface area (Å²) in [6.45, 7) is 16.0. The van der Waals surface area contributed by atoms with Gasteiger partial charge in [0.05, 0.1) is 29.1 Å². The van der Waals surface area contributed by atoms with Crippen LogP contribution in [0.4, 0.5) is 27.1 Å². The lowest BCUT2D eigenvalue weighted by Gasteiger charge is -2.32. The van der Waals surface area contributed by atoms with Crippen molar-refractivity contribution in [1.82, 2.24) is 0 Å². The van der Waals surface area contributed by atoms with E-state index in [0.29, 0.717) is 51.2 Å². The van der Waals surface area contributed by atoms with Crippen molar-refractivity contribution in [2.24, 2.45) is 38.2 Å². The highest BCUT2D eigenvalue weighted by Crippen LogP contribution is 2.38. The van der Waals surface area contributed by atoms with Crippen LogP contribution >= 0.6 is 11.3 Å². The van der Waals surface area contributed by atoms with Crippen LogP contribution in [-0.2, 0) is 4.74 Å². The van der Waals surface area contributed by atoms with Gasteiger partial charge >= 0.3 is 5.97 Å². The molecule has 0 N–H and O–H groups in total. The zero-order valence-corrected chi connectivity index (χ0v) is 31.3. The second-order valence-corrected chi connectivity index (χ2v) is 13.9. The number of benzene rings is 2. The van der Waals surface area contributed by atoms with Crippen LogP contribution in [0.3, 0.4) is 0 Å². The smallest absolute Gasteiger partial charge is 0.338 e. The Morgan fingerprint density at radius 1 is 0.755 bits per heavy atom. The normalized spacial score (nSPS) is 12.9. The number of nitriles is 1. The Bertz CT molecular complexity index is 1470. The summed E-state index contributed by atoms with van der Waals surface area (Å²) in [7, 11) is 0. The Balaban J connectivity index is 1.69. The second kappa shape index (κ2) is 21.9. The van der Waals surface area contributed by atoms with Gasteiger partial charge in [0.25, 0.3) is 0 Å². The summed E-state index contributed by atoms with van der Waals surface area (Å²) in [5.41, 5.74) is 3.43. The number of carbonyl (C=O) groups excluding carboxylic acids is 1. The molecule has 0 aliphatic heterocycles.